The quantitative estimate of drug-likeness (QED) is 0.852. The Labute approximate surface area is 112 Å². The first kappa shape index (κ1) is 12.3. The molecule has 0 spiro atoms. The van der Waals surface area contributed by atoms with Gasteiger partial charge < -0.3 is 10.4 Å². The van der Waals surface area contributed by atoms with Crippen molar-refractivity contribution in [3.8, 4) is 0 Å². The third-order valence-corrected chi connectivity index (χ3v) is 4.35. The van der Waals surface area contributed by atoms with Gasteiger partial charge in [0.2, 0.25) is 0 Å². The molecule has 0 unspecified atom stereocenters. The molecular formula is C12H13N3O3S. The van der Waals surface area contributed by atoms with Crippen LogP contribution in [0.5, 0.6) is 0 Å². The van der Waals surface area contributed by atoms with Crippen molar-refractivity contribution in [2.24, 2.45) is 0 Å². The second-order valence-corrected chi connectivity index (χ2v) is 5.65. The van der Waals surface area contributed by atoms with Gasteiger partial charge in [-0.05, 0) is 19.3 Å². The van der Waals surface area contributed by atoms with Crippen molar-refractivity contribution in [1.29, 1.82) is 0 Å². The Hall–Kier alpha value is -1.73. The molecule has 3 rings (SSSR count). The molecule has 2 N–H and O–H groups in total. The zero-order valence-electron chi connectivity index (χ0n) is 10.1. The lowest BCUT2D eigenvalue weighted by Gasteiger charge is -2.40. The lowest BCUT2D eigenvalue weighted by atomic mass is 9.77. The van der Waals surface area contributed by atoms with Gasteiger partial charge in [-0.2, -0.15) is 0 Å². The standard InChI is InChI=1S/C12H13N3O3S/c16-7-12(2-1-3-12)14-9(17)8-6-13-11-15(10(8)18)4-5-19-11/h4-6,16H,1-3,7H2,(H,14,17). The van der Waals surface area contributed by atoms with Crippen LogP contribution >= 0.6 is 11.3 Å². The topological polar surface area (TPSA) is 83.7 Å². The van der Waals surface area contributed by atoms with E-state index < -0.39 is 11.4 Å². The number of thiazole rings is 1. The van der Waals surface area contributed by atoms with Crippen molar-refractivity contribution in [3.05, 3.63) is 33.7 Å². The highest BCUT2D eigenvalue weighted by Gasteiger charge is 2.38. The van der Waals surface area contributed by atoms with E-state index in [-0.39, 0.29) is 17.7 Å². The van der Waals surface area contributed by atoms with Crippen molar-refractivity contribution < 1.29 is 9.90 Å². The van der Waals surface area contributed by atoms with Crippen LogP contribution in [-0.2, 0) is 0 Å². The monoisotopic (exact) mass is 279 g/mol. The van der Waals surface area contributed by atoms with Gasteiger partial charge >= 0.3 is 0 Å². The van der Waals surface area contributed by atoms with Crippen LogP contribution in [0.15, 0.2) is 22.6 Å². The highest BCUT2D eigenvalue weighted by atomic mass is 32.1. The van der Waals surface area contributed by atoms with E-state index in [0.717, 1.165) is 19.3 Å². The maximum absolute atomic E-state index is 12.1. The zero-order valence-corrected chi connectivity index (χ0v) is 10.9. The number of carbonyl (C=O) groups excluding carboxylic acids is 1. The summed E-state index contributed by atoms with van der Waals surface area (Å²) in [6.45, 7) is -0.103. The molecule has 1 amide bonds. The normalized spacial score (nSPS) is 17.1. The maximum atomic E-state index is 12.1. The summed E-state index contributed by atoms with van der Waals surface area (Å²) in [5.41, 5.74) is -0.926. The molecule has 0 saturated heterocycles. The number of nitrogens with one attached hydrogen (secondary N) is 1. The van der Waals surface area contributed by atoms with Crippen LogP contribution in [0.25, 0.3) is 4.96 Å². The third-order valence-electron chi connectivity index (χ3n) is 3.58. The predicted octanol–water partition coefficient (Wildman–Crippen LogP) is 0.401. The van der Waals surface area contributed by atoms with E-state index in [9.17, 15) is 14.7 Å². The fourth-order valence-electron chi connectivity index (χ4n) is 2.21. The Bertz CT molecular complexity index is 681. The number of aliphatic hydroxyl groups excluding tert-OH is 1. The average molecular weight is 279 g/mol. The van der Waals surface area contributed by atoms with Crippen LogP contribution in [0.1, 0.15) is 29.6 Å². The molecular weight excluding hydrogens is 266 g/mol. The van der Waals surface area contributed by atoms with Gasteiger partial charge in [-0.3, -0.25) is 14.0 Å². The first-order valence-electron chi connectivity index (χ1n) is 6.03. The summed E-state index contributed by atoms with van der Waals surface area (Å²) in [5.74, 6) is -0.466. The fourth-order valence-corrected chi connectivity index (χ4v) is 2.89. The number of nitrogens with zero attached hydrogens (tertiary/aromatic N) is 2. The summed E-state index contributed by atoms with van der Waals surface area (Å²) in [4.78, 5) is 28.9. The van der Waals surface area contributed by atoms with E-state index >= 15 is 0 Å². The fraction of sp³-hybridized carbons (Fsp3) is 0.417. The van der Waals surface area contributed by atoms with Crippen molar-refractivity contribution >= 4 is 22.2 Å². The molecule has 0 bridgehead atoms. The summed E-state index contributed by atoms with van der Waals surface area (Å²) >= 11 is 1.34. The first-order valence-corrected chi connectivity index (χ1v) is 6.91. The maximum Gasteiger partial charge on any atom is 0.271 e. The minimum Gasteiger partial charge on any atom is -0.394 e. The number of aromatic nitrogens is 2. The number of hydrogen-bond acceptors (Lipinski definition) is 5. The van der Waals surface area contributed by atoms with Crippen LogP contribution in [0.4, 0.5) is 0 Å². The van der Waals surface area contributed by atoms with Gasteiger partial charge in [-0.25, -0.2) is 4.98 Å². The van der Waals surface area contributed by atoms with Gasteiger partial charge in [-0.15, -0.1) is 11.3 Å². The van der Waals surface area contributed by atoms with E-state index in [1.54, 1.807) is 11.6 Å². The van der Waals surface area contributed by atoms with Gasteiger partial charge in [0.25, 0.3) is 11.5 Å². The van der Waals surface area contributed by atoms with Gasteiger partial charge in [-0.1, -0.05) is 0 Å². The Morgan fingerprint density at radius 2 is 2.37 bits per heavy atom. The summed E-state index contributed by atoms with van der Waals surface area (Å²) in [6.07, 6.45) is 5.35. The van der Waals surface area contributed by atoms with E-state index in [1.165, 1.54) is 21.9 Å². The van der Waals surface area contributed by atoms with E-state index in [1.807, 2.05) is 0 Å². The van der Waals surface area contributed by atoms with E-state index in [2.05, 4.69) is 10.3 Å². The van der Waals surface area contributed by atoms with Gasteiger partial charge in [0.1, 0.15) is 5.56 Å². The molecule has 1 fully saturated rings. The van der Waals surface area contributed by atoms with Crippen LogP contribution in [-0.4, -0.2) is 32.5 Å². The third kappa shape index (κ3) is 1.95. The lowest BCUT2D eigenvalue weighted by Crippen LogP contribution is -2.56. The molecule has 2 aromatic rings. The molecule has 1 saturated carbocycles. The summed E-state index contributed by atoms with van der Waals surface area (Å²) in [5, 5.41) is 13.8. The van der Waals surface area contributed by atoms with Gasteiger partial charge in [0, 0.05) is 17.8 Å². The SMILES string of the molecule is O=C(NC1(CO)CCC1)c1cnc2sccn2c1=O. The molecule has 6 nitrogen and oxygen atoms in total. The lowest BCUT2D eigenvalue weighted by molar-refractivity contribution is 0.0640. The number of hydrogen-bond donors (Lipinski definition) is 2. The highest BCUT2D eigenvalue weighted by Crippen LogP contribution is 2.31. The summed E-state index contributed by atoms with van der Waals surface area (Å²) in [6, 6.07) is 0. The Morgan fingerprint density at radius 3 is 3.00 bits per heavy atom. The van der Waals surface area contributed by atoms with Crippen LogP contribution in [0.3, 0.4) is 0 Å². The molecule has 2 heterocycles. The molecule has 1 aliphatic carbocycles. The van der Waals surface area contributed by atoms with Crippen molar-refractivity contribution in [2.45, 2.75) is 24.8 Å². The summed E-state index contributed by atoms with van der Waals surface area (Å²) < 4.78 is 1.35. The Morgan fingerprint density at radius 1 is 1.58 bits per heavy atom. The molecule has 19 heavy (non-hydrogen) atoms. The van der Waals surface area contributed by atoms with Gasteiger partial charge in [0.15, 0.2) is 4.96 Å². The van der Waals surface area contributed by atoms with Crippen LogP contribution in [0, 0.1) is 0 Å². The minimum atomic E-state index is -0.558. The number of rotatable bonds is 3. The van der Waals surface area contributed by atoms with Crippen LogP contribution in [0.2, 0.25) is 0 Å². The Kier molecular flexibility index (Phi) is 2.87. The van der Waals surface area contributed by atoms with E-state index in [0.29, 0.717) is 4.96 Å². The number of aliphatic hydroxyl groups is 1. The number of fused-ring (bicyclic) bond motifs is 1. The molecule has 0 radical (unpaired) electrons. The largest absolute Gasteiger partial charge is 0.394 e. The molecule has 0 aliphatic heterocycles. The second-order valence-electron chi connectivity index (χ2n) is 4.78. The molecule has 1 aliphatic rings. The summed E-state index contributed by atoms with van der Waals surface area (Å²) in [7, 11) is 0. The Balaban J connectivity index is 1.93. The second kappa shape index (κ2) is 4.43. The van der Waals surface area contributed by atoms with E-state index in [4.69, 9.17) is 0 Å². The van der Waals surface area contributed by atoms with Crippen molar-refractivity contribution in [1.82, 2.24) is 14.7 Å². The molecule has 2 aromatic heterocycles. The zero-order chi connectivity index (χ0) is 13.5. The van der Waals surface area contributed by atoms with Crippen molar-refractivity contribution in [3.63, 3.8) is 0 Å². The molecule has 0 atom stereocenters. The first-order chi connectivity index (χ1) is 9.15. The predicted molar refractivity (Wildman–Crippen MR) is 70.5 cm³/mol. The van der Waals surface area contributed by atoms with Crippen LogP contribution < -0.4 is 10.9 Å². The van der Waals surface area contributed by atoms with Crippen molar-refractivity contribution in [2.75, 3.05) is 6.61 Å². The molecule has 100 valence electrons. The highest BCUT2D eigenvalue weighted by molar-refractivity contribution is 7.15. The molecule has 0 aromatic carbocycles. The number of amides is 1. The molecule has 7 heteroatoms. The minimum absolute atomic E-state index is 0.00984. The van der Waals surface area contributed by atoms with Gasteiger partial charge in [0.05, 0.1) is 12.1 Å². The number of carbonyl (C=O) groups is 1. The smallest absolute Gasteiger partial charge is 0.271 e. The average Bonchev–Trinajstić information content (AvgIpc) is 2.83.